The van der Waals surface area contributed by atoms with Gasteiger partial charge in [-0.15, -0.1) is 0 Å². The van der Waals surface area contributed by atoms with Gasteiger partial charge in [0.25, 0.3) is 0 Å². The molecule has 0 aromatic carbocycles. The van der Waals surface area contributed by atoms with Crippen molar-refractivity contribution in [3.63, 3.8) is 0 Å². The standard InChI is InChI=1S/C43H67N5O28/c1-13(2-3-44-36-20-37(46-11-45-36)48(12-47-20)38-27(61)23(57)14(4-49)67-38)10-66-39-31(65)34(33(19(9-54)71-39)74-40-28(62)24(58)17(7-52)69-40)75-42-30(64)32(18(8-53)72-42)73-43-35(26(60)22(56)16(6-51)70-43)76-41-29(63)25(59)21(55)15(5-50)68-41/h2,11-12,14-19,21-35,38-43,49-65H,3-10H2,1H3,(H,44,45,46). The Bertz CT molecular complexity index is 2190. The number of anilines is 1. The summed E-state index contributed by atoms with van der Waals surface area (Å²) in [5, 5.41) is 182. The third-order valence-corrected chi connectivity index (χ3v) is 13.9. The fourth-order valence-corrected chi connectivity index (χ4v) is 9.59. The number of aliphatic hydroxyl groups excluding tert-OH is 17. The Kier molecular flexibility index (Phi) is 19.9. The summed E-state index contributed by atoms with van der Waals surface area (Å²) in [6, 6.07) is 0. The van der Waals surface area contributed by atoms with Gasteiger partial charge >= 0.3 is 0 Å². The number of aliphatic hydroxyl groups is 17. The highest BCUT2D eigenvalue weighted by Gasteiger charge is 2.57. The molecule has 6 aliphatic heterocycles. The van der Waals surface area contributed by atoms with Crippen LogP contribution >= 0.6 is 0 Å². The monoisotopic (exact) mass is 1100 g/mol. The van der Waals surface area contributed by atoms with E-state index in [0.29, 0.717) is 5.57 Å². The predicted octanol–water partition coefficient (Wildman–Crippen LogP) is -10.8. The average molecular weight is 1100 g/mol. The van der Waals surface area contributed by atoms with Crippen molar-refractivity contribution in [2.75, 3.05) is 58.1 Å². The van der Waals surface area contributed by atoms with E-state index < -0.39 is 206 Å². The van der Waals surface area contributed by atoms with Gasteiger partial charge in [0.05, 0.1) is 52.6 Å². The number of imidazole rings is 1. The Hall–Kier alpha value is -3.03. The molecule has 2 aromatic heterocycles. The van der Waals surface area contributed by atoms with Gasteiger partial charge in [-0.25, -0.2) is 15.0 Å². The van der Waals surface area contributed by atoms with E-state index in [1.165, 1.54) is 17.2 Å². The van der Waals surface area contributed by atoms with E-state index in [0.717, 1.165) is 0 Å². The highest BCUT2D eigenvalue weighted by atomic mass is 16.8. The summed E-state index contributed by atoms with van der Waals surface area (Å²) in [4.78, 5) is 12.8. The van der Waals surface area contributed by atoms with Gasteiger partial charge in [-0.1, -0.05) is 6.08 Å². The molecule has 6 aliphatic rings. The molecule has 8 rings (SSSR count). The molecule has 27 unspecified atom stereocenters. The lowest BCUT2D eigenvalue weighted by Crippen LogP contribution is -2.65. The van der Waals surface area contributed by atoms with E-state index in [9.17, 15) is 86.8 Å². The summed E-state index contributed by atoms with van der Waals surface area (Å²) in [7, 11) is 0. The van der Waals surface area contributed by atoms with Gasteiger partial charge in [0.15, 0.2) is 54.7 Å². The van der Waals surface area contributed by atoms with Crippen LogP contribution in [-0.2, 0) is 52.1 Å². The minimum Gasteiger partial charge on any atom is -0.394 e. The van der Waals surface area contributed by atoms with Crippen LogP contribution in [-0.4, -0.2) is 319 Å². The number of hydrogen-bond acceptors (Lipinski definition) is 32. The lowest BCUT2D eigenvalue weighted by atomic mass is 9.97. The number of rotatable bonds is 21. The largest absolute Gasteiger partial charge is 0.394 e. The summed E-state index contributed by atoms with van der Waals surface area (Å²) in [5.41, 5.74) is 1.05. The van der Waals surface area contributed by atoms with Gasteiger partial charge in [-0.2, -0.15) is 0 Å². The van der Waals surface area contributed by atoms with Crippen LogP contribution in [0.5, 0.6) is 0 Å². The van der Waals surface area contributed by atoms with Crippen molar-refractivity contribution in [1.29, 1.82) is 0 Å². The Morgan fingerprint density at radius 1 is 0.487 bits per heavy atom. The third-order valence-electron chi connectivity index (χ3n) is 13.9. The molecule has 2 aromatic rings. The Balaban J connectivity index is 0.973. The molecule has 432 valence electrons. The van der Waals surface area contributed by atoms with Crippen LogP contribution in [0.2, 0.25) is 0 Å². The molecule has 0 bridgehead atoms. The van der Waals surface area contributed by atoms with Crippen molar-refractivity contribution in [2.24, 2.45) is 0 Å². The lowest BCUT2D eigenvalue weighted by molar-refractivity contribution is -0.374. The van der Waals surface area contributed by atoms with Crippen molar-refractivity contribution in [1.82, 2.24) is 19.5 Å². The lowest BCUT2D eigenvalue weighted by Gasteiger charge is -2.46. The van der Waals surface area contributed by atoms with Gasteiger partial charge in [0.2, 0.25) is 0 Å². The predicted molar refractivity (Wildman–Crippen MR) is 239 cm³/mol. The molecule has 0 saturated carbocycles. The van der Waals surface area contributed by atoms with Gasteiger partial charge < -0.3 is 144 Å². The fourth-order valence-electron chi connectivity index (χ4n) is 9.59. The zero-order valence-electron chi connectivity index (χ0n) is 40.4. The van der Waals surface area contributed by atoms with Crippen LogP contribution in [0.3, 0.4) is 0 Å². The first-order valence-corrected chi connectivity index (χ1v) is 24.3. The smallest absolute Gasteiger partial charge is 0.187 e. The highest BCUT2D eigenvalue weighted by Crippen LogP contribution is 2.38. The van der Waals surface area contributed by atoms with E-state index >= 15 is 0 Å². The first-order chi connectivity index (χ1) is 36.4. The number of nitrogens with one attached hydrogen (secondary N) is 1. The summed E-state index contributed by atoms with van der Waals surface area (Å²) < 4.78 is 65.1. The number of nitrogens with zero attached hydrogens (tertiary/aromatic N) is 4. The first kappa shape index (κ1) is 59.1. The number of hydrogen-bond donors (Lipinski definition) is 18. The van der Waals surface area contributed by atoms with Crippen molar-refractivity contribution in [3.8, 4) is 0 Å². The Morgan fingerprint density at radius 2 is 0.947 bits per heavy atom. The van der Waals surface area contributed by atoms with Crippen LogP contribution in [0.1, 0.15) is 13.2 Å². The molecule has 0 spiro atoms. The van der Waals surface area contributed by atoms with Crippen LogP contribution in [0, 0.1) is 0 Å². The molecule has 27 atom stereocenters. The first-order valence-electron chi connectivity index (χ1n) is 24.3. The van der Waals surface area contributed by atoms with Crippen molar-refractivity contribution < 1.29 is 139 Å². The number of aromatic nitrogens is 4. The average Bonchev–Trinajstić information content (AvgIpc) is 4.16. The molecule has 0 amide bonds. The van der Waals surface area contributed by atoms with Crippen LogP contribution < -0.4 is 5.32 Å². The van der Waals surface area contributed by atoms with Crippen molar-refractivity contribution in [2.45, 2.75) is 173 Å². The number of fused-ring (bicyclic) bond motifs is 1. The van der Waals surface area contributed by atoms with Crippen LogP contribution in [0.4, 0.5) is 5.82 Å². The molecule has 18 N–H and O–H groups in total. The van der Waals surface area contributed by atoms with E-state index in [1.807, 2.05) is 0 Å². The maximum absolute atomic E-state index is 11.9. The third kappa shape index (κ3) is 11.9. The van der Waals surface area contributed by atoms with Gasteiger partial charge in [-0.05, 0) is 12.5 Å². The second kappa shape index (κ2) is 25.6. The van der Waals surface area contributed by atoms with Gasteiger partial charge in [0, 0.05) is 6.54 Å². The SMILES string of the molecule is CC(=CCNc1ncnc2c1ncn2C1OC(CO)C(O)C1O)COC1OC(CO)C(OC2OC(CO)C(O)C2O)C(OC2OC(CO)C(OC3OC(CO)C(O)C(O)C3OC3OC(CO)C(O)C(O)C3O)C2O)C1O. The quantitative estimate of drug-likeness (QED) is 0.0516. The summed E-state index contributed by atoms with van der Waals surface area (Å²) in [6.45, 7) is -3.34. The van der Waals surface area contributed by atoms with Crippen molar-refractivity contribution in [3.05, 3.63) is 24.3 Å². The second-order valence-corrected chi connectivity index (χ2v) is 19.0. The molecule has 6 fully saturated rings. The van der Waals surface area contributed by atoms with Gasteiger partial charge in [0.1, 0.15) is 135 Å². The zero-order chi connectivity index (χ0) is 54.9. The van der Waals surface area contributed by atoms with Crippen LogP contribution in [0.25, 0.3) is 11.2 Å². The summed E-state index contributed by atoms with van der Waals surface area (Å²) >= 11 is 0. The molecule has 6 saturated heterocycles. The molecular weight excluding hydrogens is 1030 g/mol. The van der Waals surface area contributed by atoms with Crippen molar-refractivity contribution >= 4 is 17.0 Å². The molecule has 76 heavy (non-hydrogen) atoms. The molecule has 33 nitrogen and oxygen atoms in total. The molecular formula is C43H67N5O28. The highest BCUT2D eigenvalue weighted by molar-refractivity contribution is 5.82. The fraction of sp³-hybridized carbons (Fsp3) is 0.837. The molecule has 33 heteroatoms. The molecule has 8 heterocycles. The van der Waals surface area contributed by atoms with Gasteiger partial charge in [-0.3, -0.25) is 4.57 Å². The second-order valence-electron chi connectivity index (χ2n) is 19.0. The maximum Gasteiger partial charge on any atom is 0.187 e. The minimum atomic E-state index is -2.02. The molecule has 0 aliphatic carbocycles. The summed E-state index contributed by atoms with van der Waals surface area (Å²) in [5.74, 6) is 0.267. The number of ether oxygens (including phenoxy) is 11. The molecule has 0 radical (unpaired) electrons. The van der Waals surface area contributed by atoms with Crippen LogP contribution in [0.15, 0.2) is 24.3 Å². The maximum atomic E-state index is 11.9. The van der Waals surface area contributed by atoms with E-state index in [-0.39, 0.29) is 30.1 Å². The summed E-state index contributed by atoms with van der Waals surface area (Å²) in [6.07, 6.45) is -41.4. The van der Waals surface area contributed by atoms with E-state index in [4.69, 9.17) is 52.1 Å². The normalized spacial score (nSPS) is 45.3. The Labute approximate surface area is 430 Å². The minimum absolute atomic E-state index is 0.111. The Morgan fingerprint density at radius 3 is 1.57 bits per heavy atom. The topological polar surface area (TPSA) is 501 Å². The zero-order valence-corrected chi connectivity index (χ0v) is 40.4. The van der Waals surface area contributed by atoms with E-state index in [2.05, 4.69) is 20.3 Å². The van der Waals surface area contributed by atoms with E-state index in [1.54, 1.807) is 13.0 Å².